The van der Waals surface area contributed by atoms with Crippen molar-refractivity contribution >= 4 is 17.6 Å². The maximum atomic E-state index is 11.1. The van der Waals surface area contributed by atoms with Gasteiger partial charge in [0.25, 0.3) is 0 Å². The van der Waals surface area contributed by atoms with Gasteiger partial charge in [-0.25, -0.2) is 4.99 Å². The summed E-state index contributed by atoms with van der Waals surface area (Å²) in [6.07, 6.45) is 3.02. The van der Waals surface area contributed by atoms with Gasteiger partial charge < -0.3 is 25.3 Å². The summed E-state index contributed by atoms with van der Waals surface area (Å²) >= 11 is 0. The zero-order chi connectivity index (χ0) is 28.2. The molecule has 2 aromatic carbocycles. The van der Waals surface area contributed by atoms with Gasteiger partial charge in [0.15, 0.2) is 5.96 Å². The fourth-order valence-corrected chi connectivity index (χ4v) is 5.55. The molecule has 3 atom stereocenters. The van der Waals surface area contributed by atoms with Crippen molar-refractivity contribution in [2.75, 3.05) is 20.3 Å². The lowest BCUT2D eigenvalue weighted by Gasteiger charge is -2.33. The van der Waals surface area contributed by atoms with Crippen molar-refractivity contribution in [2.24, 2.45) is 16.6 Å². The molecule has 0 radical (unpaired) electrons. The standard InChI is InChI=1S/C23H27NO3.C8H15N3O/c1-15-13-26-21-8-6-5-7-19(21)22(15)24-16(2)17-9-10-20-18(11-17)12-23(3,27-20)14-25-4;1-3-8(4-2)5-6(12)10-7(9)11-8/h5-11,15,22,24H,2,12-14H2,1,3-4H3;3-5H2,1-2H3,(H3,9,10,11,12)/t15?,22?,23-;/m0./s1. The van der Waals surface area contributed by atoms with E-state index in [1.54, 1.807) is 7.11 Å². The number of para-hydroxylation sites is 1. The van der Waals surface area contributed by atoms with E-state index in [1.807, 2.05) is 32.0 Å². The predicted molar refractivity (Wildman–Crippen MR) is 155 cm³/mol. The van der Waals surface area contributed by atoms with Gasteiger partial charge in [0.05, 0.1) is 31.2 Å². The summed E-state index contributed by atoms with van der Waals surface area (Å²) in [5, 5.41) is 6.13. The average molecular weight is 535 g/mol. The highest BCUT2D eigenvalue weighted by molar-refractivity contribution is 5.98. The minimum absolute atomic E-state index is 0.0220. The number of fused-ring (bicyclic) bond motifs is 2. The number of hydrogen-bond donors (Lipinski definition) is 3. The lowest BCUT2D eigenvalue weighted by molar-refractivity contribution is -0.121. The fraction of sp³-hybridized carbons (Fsp3) is 0.484. The number of rotatable bonds is 7. The monoisotopic (exact) mass is 534 g/mol. The van der Waals surface area contributed by atoms with E-state index in [4.69, 9.17) is 19.9 Å². The maximum Gasteiger partial charge on any atom is 0.229 e. The number of methoxy groups -OCH3 is 1. The van der Waals surface area contributed by atoms with Crippen LogP contribution >= 0.6 is 0 Å². The maximum absolute atomic E-state index is 11.1. The van der Waals surface area contributed by atoms with E-state index in [0.29, 0.717) is 25.6 Å². The van der Waals surface area contributed by atoms with E-state index < -0.39 is 0 Å². The summed E-state index contributed by atoms with van der Waals surface area (Å²) < 4.78 is 17.3. The number of carbonyl (C=O) groups excluding carboxylic acids is 1. The molecule has 2 unspecified atom stereocenters. The van der Waals surface area contributed by atoms with Crippen LogP contribution in [0.3, 0.4) is 0 Å². The molecule has 3 heterocycles. The van der Waals surface area contributed by atoms with Crippen LogP contribution in [0.1, 0.15) is 69.7 Å². The van der Waals surface area contributed by atoms with Crippen molar-refractivity contribution in [3.8, 4) is 11.5 Å². The quantitative estimate of drug-likeness (QED) is 0.474. The Bertz CT molecular complexity index is 1240. The van der Waals surface area contributed by atoms with E-state index in [-0.39, 0.29) is 29.0 Å². The van der Waals surface area contributed by atoms with Gasteiger partial charge in [0.1, 0.15) is 17.1 Å². The SMILES string of the molecule is C=C(NC1c2ccccc2OCC1C)c1ccc2c(c1)C[C@@](C)(COC)O2.CCC1(CC)CC(=O)NC(N)=N1. The first kappa shape index (κ1) is 28.5. The summed E-state index contributed by atoms with van der Waals surface area (Å²) in [6, 6.07) is 14.7. The molecule has 5 rings (SSSR count). The minimum atomic E-state index is -0.293. The summed E-state index contributed by atoms with van der Waals surface area (Å²) in [6.45, 7) is 13.9. The van der Waals surface area contributed by atoms with Gasteiger partial charge in [-0.3, -0.25) is 10.1 Å². The molecule has 39 heavy (non-hydrogen) atoms. The lowest BCUT2D eigenvalue weighted by Crippen LogP contribution is -2.48. The number of hydrogen-bond acceptors (Lipinski definition) is 7. The molecule has 0 fully saturated rings. The van der Waals surface area contributed by atoms with Crippen LogP contribution in [0.25, 0.3) is 5.70 Å². The zero-order valence-corrected chi connectivity index (χ0v) is 23.8. The number of nitrogens with one attached hydrogen (secondary N) is 2. The van der Waals surface area contributed by atoms with E-state index in [0.717, 1.165) is 42.0 Å². The van der Waals surface area contributed by atoms with E-state index in [9.17, 15) is 4.79 Å². The van der Waals surface area contributed by atoms with Gasteiger partial charge in [-0.1, -0.05) is 45.5 Å². The molecule has 0 saturated heterocycles. The second-order valence-corrected chi connectivity index (χ2v) is 11.1. The molecule has 0 aromatic heterocycles. The molecular formula is C31H42N4O4. The third-order valence-corrected chi connectivity index (χ3v) is 7.86. The van der Waals surface area contributed by atoms with Crippen LogP contribution in [-0.4, -0.2) is 43.3 Å². The molecule has 8 heteroatoms. The number of nitrogens with two attached hydrogens (primary N) is 1. The predicted octanol–water partition coefficient (Wildman–Crippen LogP) is 4.74. The highest BCUT2D eigenvalue weighted by Crippen LogP contribution is 2.39. The molecule has 3 aliphatic rings. The van der Waals surface area contributed by atoms with Crippen molar-refractivity contribution in [1.29, 1.82) is 0 Å². The molecule has 4 N–H and O–H groups in total. The Labute approximate surface area is 232 Å². The second kappa shape index (κ2) is 11.7. The van der Waals surface area contributed by atoms with Gasteiger partial charge in [-0.2, -0.15) is 0 Å². The molecule has 0 spiro atoms. The first-order valence-corrected chi connectivity index (χ1v) is 13.7. The summed E-state index contributed by atoms with van der Waals surface area (Å²) in [5.41, 5.74) is 9.34. The van der Waals surface area contributed by atoms with Gasteiger partial charge in [-0.05, 0) is 55.2 Å². The lowest BCUT2D eigenvalue weighted by atomic mass is 9.88. The molecule has 0 bridgehead atoms. The summed E-state index contributed by atoms with van der Waals surface area (Å²) in [7, 11) is 1.71. The fourth-order valence-electron chi connectivity index (χ4n) is 5.55. The van der Waals surface area contributed by atoms with Crippen LogP contribution in [-0.2, 0) is 16.0 Å². The van der Waals surface area contributed by atoms with Crippen LogP contribution in [0.4, 0.5) is 0 Å². The number of aliphatic imine (C=N–C) groups is 1. The number of nitrogens with zero attached hydrogens (tertiary/aromatic N) is 1. The smallest absolute Gasteiger partial charge is 0.229 e. The number of benzene rings is 2. The van der Waals surface area contributed by atoms with E-state index in [2.05, 4.69) is 60.3 Å². The van der Waals surface area contributed by atoms with Crippen LogP contribution in [0.5, 0.6) is 11.5 Å². The molecule has 0 aliphatic carbocycles. The Morgan fingerprint density at radius 2 is 1.95 bits per heavy atom. The van der Waals surface area contributed by atoms with Crippen LogP contribution in [0, 0.1) is 5.92 Å². The molecule has 3 aliphatic heterocycles. The first-order valence-electron chi connectivity index (χ1n) is 13.7. The van der Waals surface area contributed by atoms with Crippen molar-refractivity contribution < 1.29 is 19.0 Å². The molecule has 0 saturated carbocycles. The Kier molecular flexibility index (Phi) is 8.54. The van der Waals surface area contributed by atoms with Crippen molar-refractivity contribution in [3.63, 3.8) is 0 Å². The number of amides is 1. The van der Waals surface area contributed by atoms with Gasteiger partial charge in [0, 0.05) is 30.7 Å². The Morgan fingerprint density at radius 3 is 2.64 bits per heavy atom. The topological polar surface area (TPSA) is 107 Å². The van der Waals surface area contributed by atoms with Gasteiger partial charge in [0.2, 0.25) is 5.91 Å². The van der Waals surface area contributed by atoms with E-state index >= 15 is 0 Å². The third-order valence-electron chi connectivity index (χ3n) is 7.86. The zero-order valence-electron chi connectivity index (χ0n) is 23.8. The highest BCUT2D eigenvalue weighted by atomic mass is 16.5. The Hall–Kier alpha value is -3.52. The summed E-state index contributed by atoms with van der Waals surface area (Å²) in [5.74, 6) is 2.50. The second-order valence-electron chi connectivity index (χ2n) is 11.1. The minimum Gasteiger partial charge on any atom is -0.493 e. The van der Waals surface area contributed by atoms with Crippen molar-refractivity contribution in [1.82, 2.24) is 10.6 Å². The normalized spacial score (nSPS) is 24.4. The van der Waals surface area contributed by atoms with Crippen molar-refractivity contribution in [3.05, 3.63) is 65.7 Å². The molecule has 1 amide bonds. The third kappa shape index (κ3) is 6.38. The summed E-state index contributed by atoms with van der Waals surface area (Å²) in [4.78, 5) is 15.4. The highest BCUT2D eigenvalue weighted by Gasteiger charge is 2.35. The largest absolute Gasteiger partial charge is 0.493 e. The van der Waals surface area contributed by atoms with Gasteiger partial charge >= 0.3 is 0 Å². The van der Waals surface area contributed by atoms with Crippen LogP contribution in [0.2, 0.25) is 0 Å². The number of ether oxygens (including phenoxy) is 3. The molecule has 8 nitrogen and oxygen atoms in total. The Morgan fingerprint density at radius 1 is 1.21 bits per heavy atom. The average Bonchev–Trinajstić information content (AvgIpc) is 3.25. The van der Waals surface area contributed by atoms with Gasteiger partial charge in [-0.15, -0.1) is 0 Å². The molecule has 210 valence electrons. The number of carbonyl (C=O) groups is 1. The Balaban J connectivity index is 0.000000247. The first-order chi connectivity index (χ1) is 18.6. The van der Waals surface area contributed by atoms with Crippen LogP contribution < -0.4 is 25.8 Å². The molecule has 2 aromatic rings. The van der Waals surface area contributed by atoms with Crippen molar-refractivity contribution in [2.45, 2.75) is 70.6 Å². The van der Waals surface area contributed by atoms with E-state index in [1.165, 1.54) is 11.1 Å². The van der Waals surface area contributed by atoms with Crippen LogP contribution in [0.15, 0.2) is 54.0 Å². The number of guanidine groups is 1. The molecular weight excluding hydrogens is 492 g/mol.